The van der Waals surface area contributed by atoms with E-state index in [4.69, 9.17) is 15.6 Å². The molecule has 3 atom stereocenters. The Morgan fingerprint density at radius 3 is 2.72 bits per heavy atom. The summed E-state index contributed by atoms with van der Waals surface area (Å²) in [7, 11) is 0. The van der Waals surface area contributed by atoms with Crippen LogP contribution >= 0.6 is 0 Å². The highest BCUT2D eigenvalue weighted by Crippen LogP contribution is 2.27. The quantitative estimate of drug-likeness (QED) is 0.451. The highest BCUT2D eigenvalue weighted by Gasteiger charge is 2.25. The summed E-state index contributed by atoms with van der Waals surface area (Å²) in [5.41, 5.74) is 9.60. The van der Waals surface area contributed by atoms with E-state index in [0.29, 0.717) is 5.82 Å². The molecule has 0 saturated heterocycles. The number of nitrogens with two attached hydrogens (primary N) is 1. The fourth-order valence-electron chi connectivity index (χ4n) is 4.21. The lowest BCUT2D eigenvalue weighted by Gasteiger charge is -2.18. The van der Waals surface area contributed by atoms with Gasteiger partial charge >= 0.3 is 0 Å². The minimum absolute atomic E-state index is 0.0898. The fraction of sp³-hybridized carbons (Fsp3) is 0.280. The Bertz CT molecular complexity index is 1220. The molecule has 2 aromatic heterocycles. The van der Waals surface area contributed by atoms with Gasteiger partial charge in [-0.2, -0.15) is 0 Å². The Labute approximate surface area is 186 Å². The van der Waals surface area contributed by atoms with E-state index in [2.05, 4.69) is 10.3 Å². The molecule has 2 heterocycles. The molecule has 1 aliphatic carbocycles. The molecular weight excluding hydrogens is 405 g/mol. The fourth-order valence-corrected chi connectivity index (χ4v) is 4.21. The monoisotopic (exact) mass is 431 g/mol. The average Bonchev–Trinajstić information content (AvgIpc) is 3.40. The summed E-state index contributed by atoms with van der Waals surface area (Å²) in [5, 5.41) is 8.06. The van der Waals surface area contributed by atoms with Crippen molar-refractivity contribution in [1.29, 1.82) is 0 Å². The van der Waals surface area contributed by atoms with Crippen LogP contribution in [0, 0.1) is 5.82 Å². The zero-order chi connectivity index (χ0) is 22.1. The minimum Gasteiger partial charge on any atom is -0.489 e. The van der Waals surface area contributed by atoms with Gasteiger partial charge in [0.25, 0.3) is 0 Å². The average molecular weight is 432 g/mol. The van der Waals surface area contributed by atoms with Crippen molar-refractivity contribution in [2.45, 2.75) is 44.4 Å². The number of imidazole rings is 1. The van der Waals surface area contributed by atoms with E-state index < -0.39 is 0 Å². The van der Waals surface area contributed by atoms with E-state index in [1.54, 1.807) is 6.07 Å². The van der Waals surface area contributed by atoms with Gasteiger partial charge in [-0.05, 0) is 80.3 Å². The number of nitrogens with one attached hydrogen (secondary N) is 1. The Morgan fingerprint density at radius 1 is 1.12 bits per heavy atom. The van der Waals surface area contributed by atoms with Gasteiger partial charge in [-0.15, -0.1) is 5.10 Å². The molecule has 6 nitrogen and oxygen atoms in total. The SMILES string of the molecule is C[C@@H](Nc1ccc2ncc(-c3ccc(O[C@H]4CCC[C@H]4N)cc3)n2n1)c1cccc(F)c1. The zero-order valence-corrected chi connectivity index (χ0v) is 17.9. The molecule has 2 aromatic carbocycles. The van der Waals surface area contributed by atoms with Crippen molar-refractivity contribution in [2.75, 3.05) is 5.32 Å². The maximum Gasteiger partial charge on any atom is 0.154 e. The van der Waals surface area contributed by atoms with Gasteiger partial charge in [-0.1, -0.05) is 12.1 Å². The Kier molecular flexibility index (Phi) is 5.49. The Morgan fingerprint density at radius 2 is 1.97 bits per heavy atom. The summed E-state index contributed by atoms with van der Waals surface area (Å²) in [4.78, 5) is 4.48. The van der Waals surface area contributed by atoms with Crippen molar-refractivity contribution in [3.05, 3.63) is 78.2 Å². The molecule has 0 radical (unpaired) electrons. The maximum atomic E-state index is 13.6. The topological polar surface area (TPSA) is 77.5 Å². The van der Waals surface area contributed by atoms with Crippen molar-refractivity contribution in [3.8, 4) is 17.0 Å². The Balaban J connectivity index is 1.36. The number of ether oxygens (including phenoxy) is 1. The maximum absolute atomic E-state index is 13.6. The number of fused-ring (bicyclic) bond motifs is 1. The zero-order valence-electron chi connectivity index (χ0n) is 17.9. The van der Waals surface area contributed by atoms with E-state index in [-0.39, 0.29) is 24.0 Å². The molecule has 1 fully saturated rings. The largest absolute Gasteiger partial charge is 0.489 e. The summed E-state index contributed by atoms with van der Waals surface area (Å²) in [5.74, 6) is 1.26. The smallest absolute Gasteiger partial charge is 0.154 e. The van der Waals surface area contributed by atoms with Crippen LogP contribution in [0.1, 0.15) is 37.8 Å². The van der Waals surface area contributed by atoms with Gasteiger partial charge in [0.1, 0.15) is 23.5 Å². The van der Waals surface area contributed by atoms with Crippen molar-refractivity contribution < 1.29 is 9.13 Å². The number of aromatic nitrogens is 3. The van der Waals surface area contributed by atoms with E-state index in [0.717, 1.165) is 47.5 Å². The number of anilines is 1. The minimum atomic E-state index is -0.251. The third-order valence-electron chi connectivity index (χ3n) is 6.02. The van der Waals surface area contributed by atoms with Gasteiger partial charge < -0.3 is 15.8 Å². The number of hydrogen-bond acceptors (Lipinski definition) is 5. The van der Waals surface area contributed by atoms with E-state index in [1.165, 1.54) is 12.1 Å². The van der Waals surface area contributed by atoms with Crippen molar-refractivity contribution in [2.24, 2.45) is 5.73 Å². The molecule has 7 heteroatoms. The van der Waals surface area contributed by atoms with Gasteiger partial charge in [0.2, 0.25) is 0 Å². The summed E-state index contributed by atoms with van der Waals surface area (Å²) < 4.78 is 21.4. The molecule has 0 amide bonds. The molecule has 1 aliphatic rings. The van der Waals surface area contributed by atoms with Gasteiger partial charge in [-0.3, -0.25) is 0 Å². The van der Waals surface area contributed by atoms with Gasteiger partial charge in [0.05, 0.1) is 17.9 Å². The second-order valence-corrected chi connectivity index (χ2v) is 8.33. The first-order chi connectivity index (χ1) is 15.6. The lowest BCUT2D eigenvalue weighted by Crippen LogP contribution is -2.33. The lowest BCUT2D eigenvalue weighted by molar-refractivity contribution is 0.191. The molecule has 1 saturated carbocycles. The summed E-state index contributed by atoms with van der Waals surface area (Å²) in [6.07, 6.45) is 5.04. The standard InChI is InChI=1S/C25H26FN5O/c1-16(18-4-2-5-19(26)14-18)29-24-12-13-25-28-15-22(31(25)30-24)17-8-10-20(11-9-17)32-23-7-3-6-21(23)27/h2,4-5,8-16,21,23H,3,6-7,27H2,1H3,(H,29,30)/t16-,21-,23+/m1/s1. The predicted octanol–water partition coefficient (Wildman–Crippen LogP) is 4.97. The number of nitrogens with zero attached hydrogens (tertiary/aromatic N) is 3. The van der Waals surface area contributed by atoms with Crippen LogP contribution < -0.4 is 15.8 Å². The predicted molar refractivity (Wildman–Crippen MR) is 123 cm³/mol. The van der Waals surface area contributed by atoms with Crippen LogP contribution in [0.15, 0.2) is 66.9 Å². The number of rotatable bonds is 6. The molecule has 4 aromatic rings. The Hall–Kier alpha value is -3.45. The summed E-state index contributed by atoms with van der Waals surface area (Å²) in [6.45, 7) is 1.98. The van der Waals surface area contributed by atoms with Gasteiger partial charge in [0.15, 0.2) is 5.65 Å². The first-order valence-electron chi connectivity index (χ1n) is 11.0. The third kappa shape index (κ3) is 4.16. The lowest BCUT2D eigenvalue weighted by atomic mass is 10.1. The van der Waals surface area contributed by atoms with Crippen molar-refractivity contribution in [3.63, 3.8) is 0 Å². The third-order valence-corrected chi connectivity index (χ3v) is 6.02. The molecule has 3 N–H and O–H groups in total. The van der Waals surface area contributed by atoms with E-state index in [9.17, 15) is 4.39 Å². The number of benzene rings is 2. The second kappa shape index (κ2) is 8.59. The van der Waals surface area contributed by atoms with Crippen LogP contribution in [-0.4, -0.2) is 26.7 Å². The number of halogens is 1. The molecule has 164 valence electrons. The highest BCUT2D eigenvalue weighted by atomic mass is 19.1. The van der Waals surface area contributed by atoms with Crippen molar-refractivity contribution >= 4 is 11.5 Å². The number of hydrogen-bond donors (Lipinski definition) is 2. The molecule has 0 bridgehead atoms. The first kappa shape index (κ1) is 20.5. The second-order valence-electron chi connectivity index (χ2n) is 8.33. The molecule has 0 unspecified atom stereocenters. The molecule has 5 rings (SSSR count). The van der Waals surface area contributed by atoms with Crippen LogP contribution in [0.4, 0.5) is 10.2 Å². The van der Waals surface area contributed by atoms with Crippen molar-refractivity contribution in [1.82, 2.24) is 14.6 Å². The van der Waals surface area contributed by atoms with Crippen LogP contribution in [0.2, 0.25) is 0 Å². The van der Waals surface area contributed by atoms with Crippen LogP contribution in [0.5, 0.6) is 5.75 Å². The van der Waals surface area contributed by atoms with Gasteiger partial charge in [0, 0.05) is 11.6 Å². The van der Waals surface area contributed by atoms with E-state index in [1.807, 2.05) is 60.1 Å². The summed E-state index contributed by atoms with van der Waals surface area (Å²) in [6, 6.07) is 18.3. The van der Waals surface area contributed by atoms with E-state index >= 15 is 0 Å². The summed E-state index contributed by atoms with van der Waals surface area (Å²) >= 11 is 0. The normalized spacial score (nSPS) is 19.2. The molecular formula is C25H26FN5O. The highest BCUT2D eigenvalue weighted by molar-refractivity contribution is 5.64. The molecule has 0 aliphatic heterocycles. The van der Waals surface area contributed by atoms with Crippen LogP contribution in [-0.2, 0) is 0 Å². The molecule has 32 heavy (non-hydrogen) atoms. The van der Waals surface area contributed by atoms with Crippen LogP contribution in [0.3, 0.4) is 0 Å². The first-order valence-corrected chi connectivity index (χ1v) is 11.0. The molecule has 0 spiro atoms. The van der Waals surface area contributed by atoms with Gasteiger partial charge in [-0.25, -0.2) is 13.9 Å². The van der Waals surface area contributed by atoms with Crippen LogP contribution in [0.25, 0.3) is 16.9 Å².